The summed E-state index contributed by atoms with van der Waals surface area (Å²) in [5, 5.41) is 0. The Bertz CT molecular complexity index is 329. The van der Waals surface area contributed by atoms with Crippen molar-refractivity contribution in [3.63, 3.8) is 0 Å². The van der Waals surface area contributed by atoms with Crippen LogP contribution in [0.25, 0.3) is 0 Å². The molecule has 0 aromatic carbocycles. The van der Waals surface area contributed by atoms with Crippen molar-refractivity contribution in [3.05, 3.63) is 43.0 Å². The summed E-state index contributed by atoms with van der Waals surface area (Å²) in [5.74, 6) is 0.264. The van der Waals surface area contributed by atoms with E-state index >= 15 is 0 Å². The zero-order valence-corrected chi connectivity index (χ0v) is 12.9. The zero-order valence-electron chi connectivity index (χ0n) is 10.1. The van der Waals surface area contributed by atoms with Gasteiger partial charge in [0.15, 0.2) is 0 Å². The average Bonchev–Trinajstić information content (AvgIpc) is 2.40. The molecule has 0 saturated carbocycles. The molecule has 1 amide bonds. The van der Waals surface area contributed by atoms with Gasteiger partial charge in [0.05, 0.1) is 0 Å². The molecule has 0 aromatic heterocycles. The van der Waals surface area contributed by atoms with E-state index in [1.54, 1.807) is 6.08 Å². The van der Waals surface area contributed by atoms with E-state index in [2.05, 4.69) is 20.0 Å². The van der Waals surface area contributed by atoms with Crippen LogP contribution in [0, 0.1) is 19.0 Å². The quantitative estimate of drug-likeness (QED) is 0.716. The molecule has 3 heteroatoms. The van der Waals surface area contributed by atoms with E-state index in [0.717, 1.165) is 0 Å². The van der Waals surface area contributed by atoms with Crippen LogP contribution in [0.1, 0.15) is 20.8 Å². The Balaban J connectivity index is 0.00000225. The van der Waals surface area contributed by atoms with Crippen molar-refractivity contribution in [2.75, 3.05) is 0 Å². The number of hydrogen-bond donors (Lipinski definition) is 0. The number of rotatable bonds is 2. The van der Waals surface area contributed by atoms with Crippen LogP contribution in [-0.4, -0.2) is 16.8 Å². The van der Waals surface area contributed by atoms with Gasteiger partial charge < -0.3 is 9.69 Å². The number of allylic oxidation sites excluding steroid dienone is 4. The zero-order chi connectivity index (χ0) is 11.4. The van der Waals surface area contributed by atoms with Gasteiger partial charge in [-0.25, -0.2) is 0 Å². The monoisotopic (exact) mass is 292 g/mol. The number of nitrogens with zero attached hydrogens (tertiary/aromatic N) is 1. The summed E-state index contributed by atoms with van der Waals surface area (Å²) in [5.41, 5.74) is 0.569. The van der Waals surface area contributed by atoms with Gasteiger partial charge in [0, 0.05) is 32.7 Å². The number of hydrogen-bond acceptors (Lipinski definition) is 1. The van der Waals surface area contributed by atoms with E-state index in [0.29, 0.717) is 11.5 Å². The predicted octanol–water partition coefficient (Wildman–Crippen LogP) is 2.50. The largest absolute Gasteiger partial charge is 0.530 e. The Morgan fingerprint density at radius 3 is 2.69 bits per heavy atom. The van der Waals surface area contributed by atoms with Crippen molar-refractivity contribution < 1.29 is 37.5 Å². The van der Waals surface area contributed by atoms with Crippen molar-refractivity contribution in [2.45, 2.75) is 26.8 Å². The molecule has 0 N–H and O–H groups in total. The summed E-state index contributed by atoms with van der Waals surface area (Å²) in [4.78, 5) is 13.3. The summed E-state index contributed by atoms with van der Waals surface area (Å²) in [6.45, 7) is 5.93. The van der Waals surface area contributed by atoms with Gasteiger partial charge in [-0.15, -0.1) is 30.4 Å². The minimum atomic E-state index is -0.0833. The van der Waals surface area contributed by atoms with E-state index < -0.39 is 0 Å². The molecule has 1 aliphatic rings. The second-order valence-corrected chi connectivity index (χ2v) is 4.00. The van der Waals surface area contributed by atoms with Gasteiger partial charge in [-0.2, -0.15) is 0 Å². The number of carbonyl (C=O) groups excluding carboxylic acids is 1. The normalized spacial score (nSPS) is 18.8. The van der Waals surface area contributed by atoms with Crippen LogP contribution in [0.5, 0.6) is 0 Å². The molecule has 0 aromatic rings. The Kier molecular flexibility index (Phi) is 7.09. The molecule has 85 valence electrons. The maximum absolute atomic E-state index is 11.9. The van der Waals surface area contributed by atoms with E-state index in [-0.39, 0.29) is 44.7 Å². The Morgan fingerprint density at radius 2 is 2.12 bits per heavy atom. The predicted molar refractivity (Wildman–Crippen MR) is 61.5 cm³/mol. The van der Waals surface area contributed by atoms with Crippen LogP contribution in [0.3, 0.4) is 0 Å². The Hall–Kier alpha value is -0.206. The van der Waals surface area contributed by atoms with Gasteiger partial charge in [-0.05, 0) is 25.8 Å². The topological polar surface area (TPSA) is 20.3 Å². The first-order valence-electron chi connectivity index (χ1n) is 5.14. The van der Waals surface area contributed by atoms with Crippen molar-refractivity contribution in [1.82, 2.24) is 4.90 Å². The van der Waals surface area contributed by atoms with Crippen molar-refractivity contribution >= 4 is 5.91 Å². The van der Waals surface area contributed by atoms with E-state index in [4.69, 9.17) is 0 Å². The molecule has 0 spiro atoms. The van der Waals surface area contributed by atoms with Gasteiger partial charge in [-0.3, -0.25) is 7.05 Å². The minimum absolute atomic E-state index is 0. The van der Waals surface area contributed by atoms with Crippen LogP contribution in [0.4, 0.5) is 0 Å². The fourth-order valence-corrected chi connectivity index (χ4v) is 1.17. The molecule has 1 rings (SSSR count). The first-order chi connectivity index (χ1) is 7.02. The van der Waals surface area contributed by atoms with Crippen molar-refractivity contribution in [3.8, 4) is 0 Å². The van der Waals surface area contributed by atoms with Crippen LogP contribution in [0.2, 0.25) is 0 Å². The van der Waals surface area contributed by atoms with Crippen molar-refractivity contribution in [1.29, 1.82) is 0 Å². The molecule has 1 atom stereocenters. The van der Waals surface area contributed by atoms with E-state index in [1.807, 2.05) is 32.1 Å². The minimum Gasteiger partial charge on any atom is -0.530 e. The van der Waals surface area contributed by atoms with Gasteiger partial charge >= 0.3 is 0 Å². The Labute approximate surface area is 123 Å². The fraction of sp³-hybridized carbons (Fsp3) is 0.385. The molecule has 0 aliphatic heterocycles. The molecule has 1 radical (unpaired) electrons. The summed E-state index contributed by atoms with van der Waals surface area (Å²) < 4.78 is 0. The number of carbonyl (C=O) groups is 1. The maximum atomic E-state index is 11.9. The van der Waals surface area contributed by atoms with Crippen LogP contribution in [-0.2, 0) is 37.5 Å². The van der Waals surface area contributed by atoms with Crippen LogP contribution in [0.15, 0.2) is 29.9 Å². The third-order valence-corrected chi connectivity index (χ3v) is 2.32. The second kappa shape index (κ2) is 7.18. The molecule has 16 heavy (non-hydrogen) atoms. The average molecular weight is 292 g/mol. The summed E-state index contributed by atoms with van der Waals surface area (Å²) in [6, 6.07) is 0.102. The maximum Gasteiger partial charge on any atom is 0.138 e. The molecule has 0 saturated heterocycles. The van der Waals surface area contributed by atoms with Gasteiger partial charge in [0.2, 0.25) is 0 Å². The first-order valence-corrected chi connectivity index (χ1v) is 5.14. The first kappa shape index (κ1) is 15.8. The van der Waals surface area contributed by atoms with Gasteiger partial charge in [0.1, 0.15) is 5.91 Å². The van der Waals surface area contributed by atoms with Crippen LogP contribution < -0.4 is 0 Å². The molecular weight excluding hydrogens is 275 g/mol. The number of amides is 1. The molecule has 0 bridgehead atoms. The summed E-state index contributed by atoms with van der Waals surface area (Å²) in [6.07, 6.45) is 10.6. The fourth-order valence-electron chi connectivity index (χ4n) is 1.17. The van der Waals surface area contributed by atoms with E-state index in [1.165, 1.54) is 4.90 Å². The molecular formula is C13H17NOY-2. The standard InChI is InChI=1S/C13H17NO.Y/c1-10(2)14(4)13(15)12-7-5-6-11(3)8-9-12;/h5-6,8-11H,4H2,1-3H3;/q-2;. The third kappa shape index (κ3) is 4.35. The second-order valence-electron chi connectivity index (χ2n) is 4.00. The molecule has 1 aliphatic carbocycles. The third-order valence-electron chi connectivity index (χ3n) is 2.32. The van der Waals surface area contributed by atoms with E-state index in [9.17, 15) is 4.79 Å². The van der Waals surface area contributed by atoms with Crippen LogP contribution >= 0.6 is 0 Å². The van der Waals surface area contributed by atoms with Gasteiger partial charge in [-0.1, -0.05) is 12.5 Å². The molecule has 1 unspecified atom stereocenters. The molecule has 2 nitrogen and oxygen atoms in total. The van der Waals surface area contributed by atoms with Crippen molar-refractivity contribution in [2.24, 2.45) is 5.92 Å². The molecule has 0 fully saturated rings. The summed E-state index contributed by atoms with van der Waals surface area (Å²) >= 11 is 0. The SMILES string of the molecule is [CH2-]N(C(=O)C1=[C-]C=CC(C)C=C1)C(C)C.[Y]. The smallest absolute Gasteiger partial charge is 0.138 e. The molecule has 0 heterocycles. The Morgan fingerprint density at radius 1 is 1.50 bits per heavy atom. The summed E-state index contributed by atoms with van der Waals surface area (Å²) in [7, 11) is 3.73. The van der Waals surface area contributed by atoms with Gasteiger partial charge in [0.25, 0.3) is 0 Å².